The van der Waals surface area contributed by atoms with E-state index in [0.717, 1.165) is 16.8 Å². The van der Waals surface area contributed by atoms with Gasteiger partial charge in [-0.2, -0.15) is 5.10 Å². The van der Waals surface area contributed by atoms with Crippen molar-refractivity contribution in [3.8, 4) is 0 Å². The van der Waals surface area contributed by atoms with E-state index in [4.69, 9.17) is 0 Å². The van der Waals surface area contributed by atoms with Crippen LogP contribution in [0.4, 0.5) is 9.18 Å². The smallest absolute Gasteiger partial charge is 0.319 e. The van der Waals surface area contributed by atoms with Crippen molar-refractivity contribution >= 4 is 34.5 Å². The van der Waals surface area contributed by atoms with Gasteiger partial charge >= 0.3 is 6.03 Å². The maximum absolute atomic E-state index is 13.3. The number of aryl methyl sites for hydroxylation is 1. The summed E-state index contributed by atoms with van der Waals surface area (Å²) in [7, 11) is 0. The van der Waals surface area contributed by atoms with E-state index in [1.54, 1.807) is 31.2 Å². The Hall–Kier alpha value is -4.61. The molecule has 1 unspecified atom stereocenters. The molecule has 1 fully saturated rings. The van der Waals surface area contributed by atoms with Gasteiger partial charge in [-0.3, -0.25) is 34.9 Å². The second kappa shape index (κ2) is 8.97. The molecule has 1 saturated heterocycles. The fraction of sp³-hybridized carbons (Fsp3) is 0.217. The van der Waals surface area contributed by atoms with Crippen molar-refractivity contribution in [1.82, 2.24) is 30.8 Å². The van der Waals surface area contributed by atoms with E-state index in [-0.39, 0.29) is 17.8 Å². The van der Waals surface area contributed by atoms with Crippen LogP contribution in [0.5, 0.6) is 0 Å². The minimum Gasteiger partial charge on any atom is -0.319 e. The number of nitrogens with one attached hydrogen (secondary N) is 3. The van der Waals surface area contributed by atoms with Crippen LogP contribution in [0, 0.1) is 5.82 Å². The van der Waals surface area contributed by atoms with Gasteiger partial charge in [-0.15, -0.1) is 0 Å². The van der Waals surface area contributed by atoms with Crippen LogP contribution in [0.3, 0.4) is 0 Å². The van der Waals surface area contributed by atoms with Crippen molar-refractivity contribution in [3.05, 3.63) is 76.0 Å². The Kier molecular flexibility index (Phi) is 6.03. The van der Waals surface area contributed by atoms with E-state index in [0.29, 0.717) is 21.2 Å². The first-order valence-electron chi connectivity index (χ1n) is 10.6. The summed E-state index contributed by atoms with van der Waals surface area (Å²) in [5, 5.41) is 7.17. The van der Waals surface area contributed by atoms with E-state index >= 15 is 0 Å². The number of imide groups is 1. The molecule has 2 heterocycles. The maximum atomic E-state index is 13.3. The van der Waals surface area contributed by atoms with E-state index < -0.39 is 41.7 Å². The van der Waals surface area contributed by atoms with Gasteiger partial charge in [-0.05, 0) is 37.6 Å². The molecule has 5 amide bonds. The predicted molar refractivity (Wildman–Crippen MR) is 121 cm³/mol. The Morgan fingerprint density at radius 3 is 2.34 bits per heavy atom. The lowest BCUT2D eigenvalue weighted by atomic mass is 9.92. The molecule has 1 atom stereocenters. The molecular formula is C23H21FN6O5. The highest BCUT2D eigenvalue weighted by atomic mass is 19.1. The average molecular weight is 480 g/mol. The lowest BCUT2D eigenvalue weighted by Gasteiger charge is -2.22. The third kappa shape index (κ3) is 4.21. The number of aromatic nitrogens is 2. The summed E-state index contributed by atoms with van der Waals surface area (Å²) in [6.45, 7) is 2.70. The molecule has 0 aliphatic carbocycles. The highest BCUT2D eigenvalue weighted by Gasteiger charge is 2.49. The molecule has 180 valence electrons. The van der Waals surface area contributed by atoms with Crippen LogP contribution in [0.2, 0.25) is 0 Å². The van der Waals surface area contributed by atoms with E-state index in [2.05, 4.69) is 21.3 Å². The summed E-state index contributed by atoms with van der Waals surface area (Å²) in [6.07, 6.45) is 0. The summed E-state index contributed by atoms with van der Waals surface area (Å²) >= 11 is 0. The Balaban J connectivity index is 1.46. The van der Waals surface area contributed by atoms with E-state index in [1.807, 2.05) is 0 Å². The van der Waals surface area contributed by atoms with Gasteiger partial charge in [0.15, 0.2) is 5.69 Å². The zero-order valence-corrected chi connectivity index (χ0v) is 18.8. The van der Waals surface area contributed by atoms with Crippen molar-refractivity contribution in [2.24, 2.45) is 0 Å². The second-order valence-electron chi connectivity index (χ2n) is 7.97. The van der Waals surface area contributed by atoms with Gasteiger partial charge in [0.2, 0.25) is 0 Å². The van der Waals surface area contributed by atoms with Gasteiger partial charge in [-0.25, -0.2) is 13.9 Å². The Morgan fingerprint density at radius 1 is 1.03 bits per heavy atom. The summed E-state index contributed by atoms with van der Waals surface area (Å²) in [4.78, 5) is 63.6. The number of urea groups is 1. The normalized spacial score (nSPS) is 17.4. The van der Waals surface area contributed by atoms with Gasteiger partial charge in [0.1, 0.15) is 17.9 Å². The maximum Gasteiger partial charge on any atom is 0.325 e. The summed E-state index contributed by atoms with van der Waals surface area (Å²) < 4.78 is 14.4. The third-order valence-corrected chi connectivity index (χ3v) is 5.70. The molecule has 1 aromatic heterocycles. The highest BCUT2D eigenvalue weighted by Crippen LogP contribution is 2.28. The lowest BCUT2D eigenvalue weighted by Crippen LogP contribution is -2.48. The first-order valence-corrected chi connectivity index (χ1v) is 10.6. The van der Waals surface area contributed by atoms with Crippen molar-refractivity contribution in [1.29, 1.82) is 0 Å². The number of carbonyl (C=O) groups excluding carboxylic acids is 4. The molecule has 0 spiro atoms. The van der Waals surface area contributed by atoms with Gasteiger partial charge in [0.25, 0.3) is 23.3 Å². The summed E-state index contributed by atoms with van der Waals surface area (Å²) in [5.74, 6) is -2.85. The fourth-order valence-electron chi connectivity index (χ4n) is 3.81. The number of hydrazine groups is 1. The number of halogens is 1. The topological polar surface area (TPSA) is 142 Å². The monoisotopic (exact) mass is 480 g/mol. The third-order valence-electron chi connectivity index (χ3n) is 5.70. The number of rotatable bonds is 5. The lowest BCUT2D eigenvalue weighted by molar-refractivity contribution is -0.135. The molecule has 0 saturated carbocycles. The molecule has 0 bridgehead atoms. The van der Waals surface area contributed by atoms with Crippen molar-refractivity contribution in [3.63, 3.8) is 0 Å². The van der Waals surface area contributed by atoms with Crippen LogP contribution in [-0.4, -0.2) is 45.0 Å². The molecule has 12 heteroatoms. The average Bonchev–Trinajstić information content (AvgIpc) is 3.07. The zero-order valence-electron chi connectivity index (χ0n) is 18.8. The van der Waals surface area contributed by atoms with Crippen LogP contribution < -0.4 is 21.7 Å². The standard InChI is InChI=1S/C23H21FN6O5/c1-3-30-20(33)16-7-5-4-6-15(16)18(28-30)19(32)27-26-17(31)12-29-21(34)23(2,25-22(29)35)13-8-10-14(24)11-9-13/h4-11H,3,12H2,1-2H3,(H,25,35)(H,26,31)(H,27,32). The van der Waals surface area contributed by atoms with Crippen LogP contribution in [-0.2, 0) is 21.7 Å². The van der Waals surface area contributed by atoms with Crippen molar-refractivity contribution in [2.75, 3.05) is 6.54 Å². The molecule has 3 N–H and O–H groups in total. The molecule has 0 radical (unpaired) electrons. The highest BCUT2D eigenvalue weighted by molar-refractivity contribution is 6.09. The predicted octanol–water partition coefficient (Wildman–Crippen LogP) is 0.784. The van der Waals surface area contributed by atoms with Crippen molar-refractivity contribution < 1.29 is 23.6 Å². The van der Waals surface area contributed by atoms with E-state index in [1.165, 1.54) is 19.1 Å². The molecule has 1 aliphatic rings. The number of hydrogen-bond donors (Lipinski definition) is 3. The minimum absolute atomic E-state index is 0.0822. The second-order valence-corrected chi connectivity index (χ2v) is 7.97. The molecule has 2 aromatic carbocycles. The number of fused-ring (bicyclic) bond motifs is 1. The van der Waals surface area contributed by atoms with E-state index in [9.17, 15) is 28.4 Å². The number of nitrogens with zero attached hydrogens (tertiary/aromatic N) is 3. The SMILES string of the molecule is CCn1nc(C(=O)NNC(=O)CN2C(=O)NC(C)(c3ccc(F)cc3)C2=O)c2ccccc2c1=O. The van der Waals surface area contributed by atoms with Gasteiger partial charge in [0.05, 0.1) is 5.39 Å². The molecular weight excluding hydrogens is 459 g/mol. The molecule has 1 aliphatic heterocycles. The minimum atomic E-state index is -1.48. The van der Waals surface area contributed by atoms with Crippen molar-refractivity contribution in [2.45, 2.75) is 25.9 Å². The van der Waals surface area contributed by atoms with Gasteiger partial charge in [0, 0.05) is 11.9 Å². The van der Waals surface area contributed by atoms with Gasteiger partial charge in [-0.1, -0.05) is 30.3 Å². The van der Waals surface area contributed by atoms with Gasteiger partial charge < -0.3 is 5.32 Å². The number of amides is 5. The molecule has 35 heavy (non-hydrogen) atoms. The number of benzene rings is 2. The van der Waals surface area contributed by atoms with Crippen LogP contribution in [0.25, 0.3) is 10.8 Å². The first-order chi connectivity index (χ1) is 16.7. The fourth-order valence-corrected chi connectivity index (χ4v) is 3.81. The Labute approximate surface area is 197 Å². The number of hydrogen-bond acceptors (Lipinski definition) is 6. The quantitative estimate of drug-likeness (QED) is 0.364. The largest absolute Gasteiger partial charge is 0.325 e. The van der Waals surface area contributed by atoms with Crippen LogP contribution >= 0.6 is 0 Å². The molecule has 4 rings (SSSR count). The number of carbonyl (C=O) groups is 4. The summed E-state index contributed by atoms with van der Waals surface area (Å²) in [5.41, 5.74) is 2.77. The first kappa shape index (κ1) is 23.5. The Bertz CT molecular complexity index is 1420. The molecule has 3 aromatic rings. The zero-order chi connectivity index (χ0) is 25.3. The van der Waals surface area contributed by atoms with Crippen LogP contribution in [0.15, 0.2) is 53.3 Å². The Morgan fingerprint density at radius 2 is 1.69 bits per heavy atom. The van der Waals surface area contributed by atoms with Crippen LogP contribution in [0.1, 0.15) is 29.9 Å². The molecule has 11 nitrogen and oxygen atoms in total. The summed E-state index contributed by atoms with van der Waals surface area (Å²) in [6, 6.07) is 10.7.